The van der Waals surface area contributed by atoms with Crippen molar-refractivity contribution in [1.29, 1.82) is 0 Å². The first-order valence-corrected chi connectivity index (χ1v) is 6.50. The third kappa shape index (κ3) is 2.52. The van der Waals surface area contributed by atoms with Crippen LogP contribution in [0.4, 0.5) is 0 Å². The summed E-state index contributed by atoms with van der Waals surface area (Å²) >= 11 is 0. The molecule has 2 heterocycles. The Morgan fingerprint density at radius 3 is 2.75 bits per heavy atom. The normalized spacial score (nSPS) is 11.3. The molecule has 110 valence electrons. The van der Waals surface area contributed by atoms with Gasteiger partial charge in [0, 0.05) is 33.8 Å². The zero-order valence-corrected chi connectivity index (χ0v) is 11.7. The van der Waals surface area contributed by atoms with Gasteiger partial charge in [0.05, 0.1) is 6.33 Å². The number of aromatic nitrogens is 4. The minimum absolute atomic E-state index is 0.121. The molecule has 0 aliphatic rings. The second kappa shape index (κ2) is 6.02. The number of imidazole rings is 1. The Morgan fingerprint density at radius 2 is 2.05 bits per heavy atom. The Morgan fingerprint density at radius 1 is 1.30 bits per heavy atom. The summed E-state index contributed by atoms with van der Waals surface area (Å²) in [6.45, 7) is 1.56. The second-order valence-electron chi connectivity index (χ2n) is 4.65. The molecule has 0 amide bonds. The van der Waals surface area contributed by atoms with Gasteiger partial charge in [-0.15, -0.1) is 0 Å². The summed E-state index contributed by atoms with van der Waals surface area (Å²) < 4.78 is 4.20. The average molecular weight is 281 g/mol. The third-order valence-electron chi connectivity index (χ3n) is 3.22. The highest BCUT2D eigenvalue weighted by Crippen LogP contribution is 2.02. The zero-order valence-electron chi connectivity index (χ0n) is 11.7. The van der Waals surface area contributed by atoms with Crippen LogP contribution in [-0.2, 0) is 20.6 Å². The van der Waals surface area contributed by atoms with Gasteiger partial charge in [-0.1, -0.05) is 0 Å². The molecule has 20 heavy (non-hydrogen) atoms. The predicted octanol–water partition coefficient (Wildman–Crippen LogP) is -1.59. The van der Waals surface area contributed by atoms with E-state index in [0.29, 0.717) is 30.7 Å². The van der Waals surface area contributed by atoms with Gasteiger partial charge in [-0.25, -0.2) is 9.78 Å². The Hall–Kier alpha value is -1.93. The molecular weight excluding hydrogens is 262 g/mol. The van der Waals surface area contributed by atoms with E-state index in [1.54, 1.807) is 18.7 Å². The van der Waals surface area contributed by atoms with Gasteiger partial charge in [0.25, 0.3) is 5.56 Å². The van der Waals surface area contributed by atoms with Crippen molar-refractivity contribution in [3.63, 3.8) is 0 Å². The number of hydrogen-bond donors (Lipinski definition) is 2. The van der Waals surface area contributed by atoms with Crippen LogP contribution in [0, 0.1) is 0 Å². The number of nitrogens with one attached hydrogen (secondary N) is 1. The van der Waals surface area contributed by atoms with E-state index >= 15 is 0 Å². The highest BCUT2D eigenvalue weighted by Gasteiger charge is 2.14. The first-order chi connectivity index (χ1) is 9.57. The lowest BCUT2D eigenvalue weighted by atomic mass is 10.4. The van der Waals surface area contributed by atoms with Crippen molar-refractivity contribution in [3.8, 4) is 0 Å². The molecule has 0 bridgehead atoms. The molecule has 0 unspecified atom stereocenters. The Kier molecular flexibility index (Phi) is 4.35. The molecule has 0 aromatic carbocycles. The highest BCUT2D eigenvalue weighted by atomic mass is 16.3. The van der Waals surface area contributed by atoms with Gasteiger partial charge in [0.2, 0.25) is 0 Å². The lowest BCUT2D eigenvalue weighted by Gasteiger charge is -2.09. The molecule has 8 heteroatoms. The molecule has 0 spiro atoms. The Labute approximate surface area is 115 Å². The van der Waals surface area contributed by atoms with Crippen LogP contribution in [0.1, 0.15) is 6.42 Å². The van der Waals surface area contributed by atoms with Crippen molar-refractivity contribution in [3.05, 3.63) is 27.2 Å². The highest BCUT2D eigenvalue weighted by molar-refractivity contribution is 5.69. The fourth-order valence-electron chi connectivity index (χ4n) is 2.11. The van der Waals surface area contributed by atoms with E-state index in [-0.39, 0.29) is 24.4 Å². The fraction of sp³-hybridized carbons (Fsp3) is 0.583. The molecule has 8 nitrogen and oxygen atoms in total. The maximum atomic E-state index is 12.3. The molecule has 0 radical (unpaired) electrons. The largest absolute Gasteiger partial charge is 0.396 e. The number of hydrogen-bond acceptors (Lipinski definition) is 5. The van der Waals surface area contributed by atoms with Crippen LogP contribution in [0.15, 0.2) is 15.9 Å². The summed E-state index contributed by atoms with van der Waals surface area (Å²) in [6, 6.07) is 0. The molecule has 2 aromatic heterocycles. The Bertz CT molecular complexity index is 712. The zero-order chi connectivity index (χ0) is 14.7. The molecule has 2 aromatic rings. The van der Waals surface area contributed by atoms with E-state index in [1.165, 1.54) is 15.5 Å². The number of aliphatic hydroxyl groups is 1. The summed E-state index contributed by atoms with van der Waals surface area (Å²) in [4.78, 5) is 28.5. The summed E-state index contributed by atoms with van der Waals surface area (Å²) in [7, 11) is 3.33. The smallest absolute Gasteiger partial charge is 0.332 e. The summed E-state index contributed by atoms with van der Waals surface area (Å²) in [6.07, 6.45) is 2.17. The van der Waals surface area contributed by atoms with Gasteiger partial charge in [0.1, 0.15) is 0 Å². The second-order valence-corrected chi connectivity index (χ2v) is 4.65. The minimum atomic E-state index is -0.370. The van der Waals surface area contributed by atoms with E-state index < -0.39 is 0 Å². The molecule has 0 saturated heterocycles. The molecule has 2 N–H and O–H groups in total. The van der Waals surface area contributed by atoms with Crippen LogP contribution in [0.5, 0.6) is 0 Å². The minimum Gasteiger partial charge on any atom is -0.396 e. The first-order valence-electron chi connectivity index (χ1n) is 6.50. The molecule has 0 aliphatic heterocycles. The van der Waals surface area contributed by atoms with Crippen LogP contribution in [0.25, 0.3) is 11.2 Å². The van der Waals surface area contributed by atoms with Crippen LogP contribution in [0.3, 0.4) is 0 Å². The van der Waals surface area contributed by atoms with Crippen LogP contribution in [-0.4, -0.2) is 43.5 Å². The van der Waals surface area contributed by atoms with Gasteiger partial charge in [-0.05, 0) is 13.0 Å². The SMILES string of the molecule is Cn1cnc2c1c(=O)n(CCNCCCO)c(=O)n2C. The quantitative estimate of drug-likeness (QED) is 0.622. The standard InChI is InChI=1S/C12H19N5O3/c1-15-8-14-10-9(15)11(19)17(12(20)16(10)2)6-5-13-4-3-7-18/h8,13,18H,3-7H2,1-2H3. The molecule has 0 aliphatic carbocycles. The molecule has 0 atom stereocenters. The lowest BCUT2D eigenvalue weighted by molar-refractivity contribution is 0.285. The van der Waals surface area contributed by atoms with Crippen LogP contribution in [0.2, 0.25) is 0 Å². The predicted molar refractivity (Wildman–Crippen MR) is 74.8 cm³/mol. The van der Waals surface area contributed by atoms with Gasteiger partial charge in [-0.3, -0.25) is 13.9 Å². The van der Waals surface area contributed by atoms with Gasteiger partial charge in [0.15, 0.2) is 11.2 Å². The van der Waals surface area contributed by atoms with Crippen molar-refractivity contribution < 1.29 is 5.11 Å². The number of aryl methyl sites for hydroxylation is 2. The average Bonchev–Trinajstić information content (AvgIpc) is 2.81. The van der Waals surface area contributed by atoms with Gasteiger partial charge >= 0.3 is 5.69 Å². The van der Waals surface area contributed by atoms with Crippen LogP contribution < -0.4 is 16.6 Å². The summed E-state index contributed by atoms with van der Waals surface area (Å²) in [5, 5.41) is 11.7. The first kappa shape index (κ1) is 14.5. The van der Waals surface area contributed by atoms with Crippen molar-refractivity contribution in [2.24, 2.45) is 14.1 Å². The molecule has 0 fully saturated rings. The number of fused-ring (bicyclic) bond motifs is 1. The molecule has 2 rings (SSSR count). The molecule has 0 saturated carbocycles. The monoisotopic (exact) mass is 281 g/mol. The van der Waals surface area contributed by atoms with Crippen molar-refractivity contribution >= 4 is 11.2 Å². The topological polar surface area (TPSA) is 94.1 Å². The summed E-state index contributed by atoms with van der Waals surface area (Å²) in [5.74, 6) is 0. The van der Waals surface area contributed by atoms with E-state index in [2.05, 4.69) is 10.3 Å². The maximum Gasteiger partial charge on any atom is 0.332 e. The van der Waals surface area contributed by atoms with E-state index in [1.807, 2.05) is 0 Å². The van der Waals surface area contributed by atoms with Crippen molar-refractivity contribution in [2.75, 3.05) is 19.7 Å². The lowest BCUT2D eigenvalue weighted by Crippen LogP contribution is -2.41. The van der Waals surface area contributed by atoms with Crippen LogP contribution >= 0.6 is 0 Å². The maximum absolute atomic E-state index is 12.3. The number of nitrogens with zero attached hydrogens (tertiary/aromatic N) is 4. The van der Waals surface area contributed by atoms with E-state index in [4.69, 9.17) is 5.11 Å². The van der Waals surface area contributed by atoms with Gasteiger partial charge in [-0.2, -0.15) is 0 Å². The number of aliphatic hydroxyl groups excluding tert-OH is 1. The van der Waals surface area contributed by atoms with E-state index in [9.17, 15) is 9.59 Å². The Balaban J connectivity index is 2.31. The van der Waals surface area contributed by atoms with Gasteiger partial charge < -0.3 is 15.0 Å². The third-order valence-corrected chi connectivity index (χ3v) is 3.22. The van der Waals surface area contributed by atoms with E-state index in [0.717, 1.165) is 0 Å². The molecular formula is C12H19N5O3. The van der Waals surface area contributed by atoms with Crippen molar-refractivity contribution in [2.45, 2.75) is 13.0 Å². The number of rotatable bonds is 6. The van der Waals surface area contributed by atoms with Crippen molar-refractivity contribution in [1.82, 2.24) is 24.0 Å². The fourth-order valence-corrected chi connectivity index (χ4v) is 2.11. The summed E-state index contributed by atoms with van der Waals surface area (Å²) in [5.41, 5.74) is 0.117.